The van der Waals surface area contributed by atoms with Crippen LogP contribution >= 0.6 is 23.2 Å². The van der Waals surface area contributed by atoms with Gasteiger partial charge < -0.3 is 24.3 Å². The zero-order chi connectivity index (χ0) is 35.0. The maximum atomic E-state index is 13.5. The van der Waals surface area contributed by atoms with Crippen molar-refractivity contribution in [2.45, 2.75) is 43.9 Å². The summed E-state index contributed by atoms with van der Waals surface area (Å²) >= 11 is 12.9. The van der Waals surface area contributed by atoms with E-state index in [0.717, 1.165) is 43.6 Å². The number of piperidine rings is 3. The molecule has 0 radical (unpaired) electrons. The first-order chi connectivity index (χ1) is 24.3. The standard InChI is InChI=1S/C39H41Cl2N3O6/c1-47-34-13-12-29(18-36(34)48-2)35(19-30-32(40)22-43-23-33(30)41)49-38(45)28-10-8-25(9-11-28)20-42-21-31(26-6-4-3-5-7-26)39(46)50-37-24-44-16-14-27(37)15-17-44/h3-13,18,22-23,27,31,35,37,42H,14-17,19-21,24H2,1-2H3/p+1/t31?,35-,37-/m0/s1. The number of H-pyrrole nitrogens is 1. The van der Waals surface area contributed by atoms with E-state index in [9.17, 15) is 9.59 Å². The molecule has 3 aliphatic rings. The van der Waals surface area contributed by atoms with Crippen molar-refractivity contribution in [2.75, 3.05) is 40.4 Å². The summed E-state index contributed by atoms with van der Waals surface area (Å²) in [6.45, 7) is 3.92. The van der Waals surface area contributed by atoms with E-state index in [2.05, 4.69) is 15.2 Å². The van der Waals surface area contributed by atoms with Crippen molar-refractivity contribution in [3.05, 3.63) is 123 Å². The SMILES string of the molecule is COc1ccc([C@H](Cc2c(Cl)c[nH+]cc2Cl)OC(=O)c2ccc(CNCC(C(=O)O[C@H]3CN4CCC3CC4)c3ccccc3)cc2)cc1OC. The van der Waals surface area contributed by atoms with Crippen LogP contribution in [0, 0.1) is 5.92 Å². The highest BCUT2D eigenvalue weighted by molar-refractivity contribution is 6.35. The lowest BCUT2D eigenvalue weighted by Crippen LogP contribution is -2.52. The van der Waals surface area contributed by atoms with Crippen LogP contribution in [0.4, 0.5) is 0 Å². The summed E-state index contributed by atoms with van der Waals surface area (Å²) in [5, 5.41) is 4.29. The summed E-state index contributed by atoms with van der Waals surface area (Å²) < 4.78 is 23.1. The van der Waals surface area contributed by atoms with Crippen LogP contribution in [-0.2, 0) is 27.2 Å². The minimum absolute atomic E-state index is 0.0463. The van der Waals surface area contributed by atoms with Crippen molar-refractivity contribution in [3.63, 3.8) is 0 Å². The second-order valence-electron chi connectivity index (χ2n) is 12.7. The number of pyridine rings is 1. The number of nitrogens with zero attached hydrogens (tertiary/aromatic N) is 1. The Morgan fingerprint density at radius 2 is 1.60 bits per heavy atom. The molecule has 3 aliphatic heterocycles. The van der Waals surface area contributed by atoms with Gasteiger partial charge in [0.05, 0.1) is 25.7 Å². The number of ether oxygens (including phenoxy) is 4. The van der Waals surface area contributed by atoms with Gasteiger partial charge in [-0.3, -0.25) is 9.69 Å². The first-order valence-electron chi connectivity index (χ1n) is 16.9. The molecule has 11 heteroatoms. The molecule has 0 spiro atoms. The quantitative estimate of drug-likeness (QED) is 0.148. The maximum Gasteiger partial charge on any atom is 0.338 e. The highest BCUT2D eigenvalue weighted by atomic mass is 35.5. The third-order valence-corrected chi connectivity index (χ3v) is 10.3. The van der Waals surface area contributed by atoms with Crippen LogP contribution in [0.1, 0.15) is 57.5 Å². The number of halogens is 2. The topological polar surface area (TPSA) is 100 Å². The highest BCUT2D eigenvalue weighted by Gasteiger charge is 2.38. The van der Waals surface area contributed by atoms with Gasteiger partial charge in [0.2, 0.25) is 0 Å². The first kappa shape index (κ1) is 35.7. The predicted octanol–water partition coefficient (Wildman–Crippen LogP) is 6.48. The van der Waals surface area contributed by atoms with Gasteiger partial charge in [-0.15, -0.1) is 0 Å². The van der Waals surface area contributed by atoms with Gasteiger partial charge in [-0.25, -0.2) is 9.78 Å². The number of nitrogens with one attached hydrogen (secondary N) is 2. The lowest BCUT2D eigenvalue weighted by atomic mass is 9.85. The number of aromatic amines is 1. The Balaban J connectivity index is 1.11. The molecule has 3 atom stereocenters. The van der Waals surface area contributed by atoms with E-state index in [-0.39, 0.29) is 18.5 Å². The molecule has 2 bridgehead atoms. The number of benzene rings is 3. The molecule has 3 fully saturated rings. The van der Waals surface area contributed by atoms with Gasteiger partial charge in [0, 0.05) is 31.6 Å². The summed E-state index contributed by atoms with van der Waals surface area (Å²) in [6, 6.07) is 22.3. The number of carbonyl (C=O) groups excluding carboxylic acids is 2. The molecule has 4 heterocycles. The van der Waals surface area contributed by atoms with Crippen LogP contribution in [0.25, 0.3) is 0 Å². The molecule has 262 valence electrons. The molecule has 3 saturated heterocycles. The Morgan fingerprint density at radius 3 is 2.24 bits per heavy atom. The summed E-state index contributed by atoms with van der Waals surface area (Å²) in [4.78, 5) is 32.3. The fourth-order valence-corrected chi connectivity index (χ4v) is 7.28. The van der Waals surface area contributed by atoms with E-state index >= 15 is 0 Å². The fourth-order valence-electron chi connectivity index (χ4n) is 6.75. The van der Waals surface area contributed by atoms with Crippen molar-refractivity contribution in [1.29, 1.82) is 0 Å². The van der Waals surface area contributed by atoms with Crippen molar-refractivity contribution in [2.24, 2.45) is 5.92 Å². The number of aromatic nitrogens is 1. The Kier molecular flexibility index (Phi) is 11.9. The second-order valence-corrected chi connectivity index (χ2v) is 13.6. The van der Waals surface area contributed by atoms with Crippen LogP contribution in [0.15, 0.2) is 85.2 Å². The molecule has 3 aromatic carbocycles. The van der Waals surface area contributed by atoms with E-state index in [4.69, 9.17) is 42.1 Å². The van der Waals surface area contributed by atoms with Gasteiger partial charge in [-0.1, -0.05) is 71.7 Å². The molecular formula is C39H42Cl2N3O6+. The lowest BCUT2D eigenvalue weighted by molar-refractivity contribution is -0.377. The Bertz CT molecular complexity index is 1750. The molecule has 7 rings (SSSR count). The van der Waals surface area contributed by atoms with Gasteiger partial charge in [-0.2, -0.15) is 0 Å². The number of fused-ring (bicyclic) bond motifs is 3. The molecule has 1 unspecified atom stereocenters. The van der Waals surface area contributed by atoms with Crippen molar-refractivity contribution >= 4 is 35.1 Å². The summed E-state index contributed by atoms with van der Waals surface area (Å²) in [5.41, 5.74) is 3.60. The van der Waals surface area contributed by atoms with Gasteiger partial charge in [0.15, 0.2) is 23.9 Å². The number of hydrogen-bond donors (Lipinski definition) is 1. The number of hydrogen-bond acceptors (Lipinski definition) is 8. The monoisotopic (exact) mass is 718 g/mol. The summed E-state index contributed by atoms with van der Waals surface area (Å²) in [5.74, 6) is 0.374. The van der Waals surface area contributed by atoms with Crippen LogP contribution in [-0.4, -0.2) is 63.3 Å². The fraction of sp³-hybridized carbons (Fsp3) is 0.359. The molecule has 50 heavy (non-hydrogen) atoms. The summed E-state index contributed by atoms with van der Waals surface area (Å²) in [6.07, 6.45) is 4.90. The Labute approximate surface area is 302 Å². The normalized spacial score (nSPS) is 19.3. The largest absolute Gasteiger partial charge is 0.493 e. The van der Waals surface area contributed by atoms with Crippen LogP contribution in [0.3, 0.4) is 0 Å². The van der Waals surface area contributed by atoms with Crippen molar-refractivity contribution < 1.29 is 33.5 Å². The number of esters is 2. The minimum atomic E-state index is -0.725. The van der Waals surface area contributed by atoms with Crippen molar-refractivity contribution in [1.82, 2.24) is 10.2 Å². The first-order valence-corrected chi connectivity index (χ1v) is 17.6. The Hall–Kier alpha value is -4.15. The maximum absolute atomic E-state index is 13.5. The molecule has 1 aromatic heterocycles. The van der Waals surface area contributed by atoms with E-state index in [1.807, 2.05) is 48.5 Å². The minimum Gasteiger partial charge on any atom is -0.493 e. The molecule has 4 aromatic rings. The zero-order valence-corrected chi connectivity index (χ0v) is 29.7. The van der Waals surface area contributed by atoms with Crippen LogP contribution in [0.5, 0.6) is 11.5 Å². The Morgan fingerprint density at radius 1 is 0.900 bits per heavy atom. The number of carbonyl (C=O) groups is 2. The van der Waals surface area contributed by atoms with E-state index in [1.165, 1.54) is 0 Å². The van der Waals surface area contributed by atoms with E-state index in [1.54, 1.807) is 50.9 Å². The third-order valence-electron chi connectivity index (χ3n) is 9.63. The number of methoxy groups -OCH3 is 2. The van der Waals surface area contributed by atoms with Crippen LogP contribution in [0.2, 0.25) is 10.0 Å². The third kappa shape index (κ3) is 8.58. The van der Waals surface area contributed by atoms with Gasteiger partial charge >= 0.3 is 11.9 Å². The van der Waals surface area contributed by atoms with Gasteiger partial charge in [-0.05, 0) is 72.8 Å². The van der Waals surface area contributed by atoms with E-state index < -0.39 is 18.0 Å². The van der Waals surface area contributed by atoms with Gasteiger partial charge in [0.1, 0.15) is 22.3 Å². The molecule has 9 nitrogen and oxygen atoms in total. The highest BCUT2D eigenvalue weighted by Crippen LogP contribution is 2.36. The average Bonchev–Trinajstić information content (AvgIpc) is 3.15. The average molecular weight is 720 g/mol. The summed E-state index contributed by atoms with van der Waals surface area (Å²) in [7, 11) is 3.11. The number of rotatable bonds is 14. The zero-order valence-electron chi connectivity index (χ0n) is 28.2. The smallest absolute Gasteiger partial charge is 0.338 e. The molecule has 0 saturated carbocycles. The predicted molar refractivity (Wildman–Crippen MR) is 191 cm³/mol. The van der Waals surface area contributed by atoms with E-state index in [0.29, 0.717) is 57.2 Å². The lowest BCUT2D eigenvalue weighted by Gasteiger charge is -2.44. The van der Waals surface area contributed by atoms with Crippen molar-refractivity contribution in [3.8, 4) is 11.5 Å². The van der Waals surface area contributed by atoms with Gasteiger partial charge in [0.25, 0.3) is 0 Å². The molecule has 0 amide bonds. The molecule has 0 aliphatic carbocycles. The molecule has 2 N–H and O–H groups in total. The molecular weight excluding hydrogens is 677 g/mol. The van der Waals surface area contributed by atoms with Crippen LogP contribution < -0.4 is 19.8 Å². The second kappa shape index (κ2) is 16.7.